The Hall–Kier alpha value is -0.760. The van der Waals surface area contributed by atoms with E-state index in [9.17, 15) is 0 Å². The Kier molecular flexibility index (Phi) is 2.71. The highest BCUT2D eigenvalue weighted by Gasteiger charge is 2.05. The van der Waals surface area contributed by atoms with Crippen LogP contribution in [0.3, 0.4) is 0 Å². The molecule has 62 valence electrons. The zero-order chi connectivity index (χ0) is 8.27. The third kappa shape index (κ3) is 2.39. The van der Waals surface area contributed by atoms with E-state index in [0.717, 1.165) is 0 Å². The van der Waals surface area contributed by atoms with Gasteiger partial charge in [0.2, 0.25) is 0 Å². The van der Waals surface area contributed by atoms with Crippen molar-refractivity contribution in [2.24, 2.45) is 0 Å². The highest BCUT2D eigenvalue weighted by Crippen LogP contribution is 2.08. The molecule has 0 spiro atoms. The van der Waals surface area contributed by atoms with Crippen LogP contribution in [0.25, 0.3) is 0 Å². The molecule has 0 amide bonds. The largest absolute Gasteiger partial charge is 0.364 e. The number of rotatable bonds is 3. The first-order valence-electron chi connectivity index (χ1n) is 4.09. The van der Waals surface area contributed by atoms with Gasteiger partial charge in [0.25, 0.3) is 0 Å². The Morgan fingerprint density at radius 3 is 2.55 bits per heavy atom. The summed E-state index contributed by atoms with van der Waals surface area (Å²) in [5.74, 6) is 0. The van der Waals surface area contributed by atoms with Crippen LogP contribution in [0, 0.1) is 0 Å². The van der Waals surface area contributed by atoms with Gasteiger partial charge in [0.1, 0.15) is 0 Å². The summed E-state index contributed by atoms with van der Waals surface area (Å²) in [6.45, 7) is 6.46. The summed E-state index contributed by atoms with van der Waals surface area (Å²) in [5.41, 5.74) is 1.25. The molecular weight excluding hydrogens is 136 g/mol. The number of aromatic nitrogens is 1. The topological polar surface area (TPSA) is 27.8 Å². The lowest BCUT2D eigenvalue weighted by atomic mass is 10.2. The van der Waals surface area contributed by atoms with Crippen molar-refractivity contribution < 1.29 is 0 Å². The van der Waals surface area contributed by atoms with E-state index in [0.29, 0.717) is 12.1 Å². The fourth-order valence-electron chi connectivity index (χ4n) is 1.20. The summed E-state index contributed by atoms with van der Waals surface area (Å²) in [5, 5.41) is 3.41. The molecule has 1 rings (SSSR count). The second kappa shape index (κ2) is 3.58. The molecule has 11 heavy (non-hydrogen) atoms. The number of hydrogen-bond acceptors (Lipinski definition) is 1. The molecule has 0 aliphatic heterocycles. The number of hydrogen-bond donors (Lipinski definition) is 2. The van der Waals surface area contributed by atoms with Gasteiger partial charge in [-0.3, -0.25) is 0 Å². The first-order chi connectivity index (χ1) is 5.20. The third-order valence-electron chi connectivity index (χ3n) is 1.67. The zero-order valence-electron chi connectivity index (χ0n) is 7.39. The fraction of sp³-hybridized carbons (Fsp3) is 0.556. The van der Waals surface area contributed by atoms with Crippen LogP contribution in [0.4, 0.5) is 0 Å². The summed E-state index contributed by atoms with van der Waals surface area (Å²) in [6.07, 6.45) is 1.95. The predicted octanol–water partition coefficient (Wildman–Crippen LogP) is 2.07. The first-order valence-corrected chi connectivity index (χ1v) is 4.09. The molecule has 0 aliphatic carbocycles. The second-order valence-electron chi connectivity index (χ2n) is 3.17. The van der Waals surface area contributed by atoms with Crippen molar-refractivity contribution in [1.29, 1.82) is 0 Å². The van der Waals surface area contributed by atoms with Crippen LogP contribution in [-0.2, 0) is 0 Å². The van der Waals surface area contributed by atoms with Gasteiger partial charge < -0.3 is 10.3 Å². The van der Waals surface area contributed by atoms with Crippen molar-refractivity contribution in [2.75, 3.05) is 0 Å². The average Bonchev–Trinajstić information content (AvgIpc) is 2.35. The summed E-state index contributed by atoms with van der Waals surface area (Å²) >= 11 is 0. The molecule has 0 aliphatic rings. The smallest absolute Gasteiger partial charge is 0.0446 e. The molecule has 0 saturated carbocycles. The molecule has 1 unspecified atom stereocenters. The van der Waals surface area contributed by atoms with Crippen molar-refractivity contribution in [3.8, 4) is 0 Å². The molecule has 1 aromatic rings. The van der Waals surface area contributed by atoms with E-state index >= 15 is 0 Å². The van der Waals surface area contributed by atoms with Crippen molar-refractivity contribution in [3.05, 3.63) is 24.0 Å². The molecule has 2 nitrogen and oxygen atoms in total. The maximum absolute atomic E-state index is 3.41. The lowest BCUT2D eigenvalue weighted by Gasteiger charge is -2.15. The van der Waals surface area contributed by atoms with Crippen LogP contribution in [0.5, 0.6) is 0 Å². The van der Waals surface area contributed by atoms with Gasteiger partial charge in [-0.05, 0) is 19.1 Å². The van der Waals surface area contributed by atoms with Crippen molar-refractivity contribution in [2.45, 2.75) is 32.9 Å². The summed E-state index contributed by atoms with van der Waals surface area (Å²) in [6, 6.07) is 5.08. The third-order valence-corrected chi connectivity index (χ3v) is 1.67. The normalized spacial score (nSPS) is 13.8. The molecule has 1 atom stereocenters. The van der Waals surface area contributed by atoms with Crippen LogP contribution in [0.1, 0.15) is 32.5 Å². The lowest BCUT2D eigenvalue weighted by Crippen LogP contribution is -2.26. The van der Waals surface area contributed by atoms with Crippen LogP contribution in [-0.4, -0.2) is 11.0 Å². The van der Waals surface area contributed by atoms with Gasteiger partial charge in [0, 0.05) is 24.0 Å². The standard InChI is InChI=1S/C9H16N2/c1-7(2)11-8(3)9-5-4-6-10-9/h4-8,10-11H,1-3H3. The average molecular weight is 152 g/mol. The van der Waals surface area contributed by atoms with E-state index < -0.39 is 0 Å². The van der Waals surface area contributed by atoms with Gasteiger partial charge in [-0.15, -0.1) is 0 Å². The zero-order valence-corrected chi connectivity index (χ0v) is 7.39. The Bertz CT molecular complexity index is 189. The minimum atomic E-state index is 0.421. The highest BCUT2D eigenvalue weighted by molar-refractivity contribution is 5.07. The molecule has 0 radical (unpaired) electrons. The molecular formula is C9H16N2. The monoisotopic (exact) mass is 152 g/mol. The highest BCUT2D eigenvalue weighted by atomic mass is 15.0. The molecule has 0 fully saturated rings. The second-order valence-corrected chi connectivity index (χ2v) is 3.17. The van der Waals surface area contributed by atoms with E-state index in [-0.39, 0.29) is 0 Å². The molecule has 2 N–H and O–H groups in total. The Labute approximate surface area is 68.0 Å². The van der Waals surface area contributed by atoms with Gasteiger partial charge in [-0.2, -0.15) is 0 Å². The van der Waals surface area contributed by atoms with Crippen LogP contribution in [0.15, 0.2) is 18.3 Å². The van der Waals surface area contributed by atoms with Crippen LogP contribution in [0.2, 0.25) is 0 Å². The first kappa shape index (κ1) is 8.34. The predicted molar refractivity (Wildman–Crippen MR) is 47.5 cm³/mol. The lowest BCUT2D eigenvalue weighted by molar-refractivity contribution is 0.499. The minimum Gasteiger partial charge on any atom is -0.364 e. The van der Waals surface area contributed by atoms with Gasteiger partial charge in [0.15, 0.2) is 0 Å². The fourth-order valence-corrected chi connectivity index (χ4v) is 1.20. The number of nitrogens with one attached hydrogen (secondary N) is 2. The SMILES string of the molecule is CC(C)NC(C)c1ccc[nH]1. The molecule has 0 bridgehead atoms. The Balaban J connectivity index is 2.49. The van der Waals surface area contributed by atoms with Gasteiger partial charge in [-0.1, -0.05) is 13.8 Å². The van der Waals surface area contributed by atoms with Crippen molar-refractivity contribution >= 4 is 0 Å². The van der Waals surface area contributed by atoms with Gasteiger partial charge in [-0.25, -0.2) is 0 Å². The summed E-state index contributed by atoms with van der Waals surface area (Å²) in [7, 11) is 0. The summed E-state index contributed by atoms with van der Waals surface area (Å²) < 4.78 is 0. The Morgan fingerprint density at radius 2 is 2.09 bits per heavy atom. The summed E-state index contributed by atoms with van der Waals surface area (Å²) in [4.78, 5) is 3.18. The molecule has 0 saturated heterocycles. The van der Waals surface area contributed by atoms with E-state index in [1.807, 2.05) is 12.3 Å². The van der Waals surface area contributed by atoms with Crippen molar-refractivity contribution in [3.63, 3.8) is 0 Å². The molecule has 1 aromatic heterocycles. The van der Waals surface area contributed by atoms with Crippen LogP contribution < -0.4 is 5.32 Å². The molecule has 0 aromatic carbocycles. The van der Waals surface area contributed by atoms with Gasteiger partial charge in [0.05, 0.1) is 0 Å². The quantitative estimate of drug-likeness (QED) is 0.681. The maximum Gasteiger partial charge on any atom is 0.0446 e. The van der Waals surface area contributed by atoms with E-state index in [2.05, 4.69) is 37.1 Å². The molecule has 2 heteroatoms. The van der Waals surface area contributed by atoms with E-state index in [1.165, 1.54) is 5.69 Å². The van der Waals surface area contributed by atoms with Gasteiger partial charge >= 0.3 is 0 Å². The van der Waals surface area contributed by atoms with Crippen molar-refractivity contribution in [1.82, 2.24) is 10.3 Å². The number of H-pyrrole nitrogens is 1. The Morgan fingerprint density at radius 1 is 1.36 bits per heavy atom. The van der Waals surface area contributed by atoms with Crippen LogP contribution >= 0.6 is 0 Å². The van der Waals surface area contributed by atoms with E-state index in [4.69, 9.17) is 0 Å². The van der Waals surface area contributed by atoms with E-state index in [1.54, 1.807) is 0 Å². The number of aromatic amines is 1. The maximum atomic E-state index is 3.41. The molecule has 1 heterocycles. The minimum absolute atomic E-state index is 0.421.